The lowest BCUT2D eigenvalue weighted by molar-refractivity contribution is -0.0498. The Morgan fingerprint density at radius 2 is 1.88 bits per heavy atom. The number of methoxy groups -OCH3 is 1. The molecule has 2 rings (SSSR count). The highest BCUT2D eigenvalue weighted by atomic mass is 19.3. The summed E-state index contributed by atoms with van der Waals surface area (Å²) in [5.41, 5.74) is 2.37. The fourth-order valence-corrected chi connectivity index (χ4v) is 2.29. The standard InChI is InChI=1S/C18H20F2N2O3/c1-12(14-6-8-16(9-7-14)25-17(19)20)21-18(23)22-15-5-3-4-13(10-15)11-24-2/h3-10,12,17H,11H2,1-2H3,(H2,21,22,23). The first-order chi connectivity index (χ1) is 12.0. The summed E-state index contributed by atoms with van der Waals surface area (Å²) in [4.78, 5) is 12.1. The molecular formula is C18H20F2N2O3. The molecule has 25 heavy (non-hydrogen) atoms. The van der Waals surface area contributed by atoms with E-state index in [0.29, 0.717) is 12.3 Å². The number of ether oxygens (including phenoxy) is 2. The van der Waals surface area contributed by atoms with Crippen molar-refractivity contribution in [3.8, 4) is 5.75 Å². The van der Waals surface area contributed by atoms with E-state index in [1.54, 1.807) is 32.2 Å². The molecule has 7 heteroatoms. The second kappa shape index (κ2) is 8.98. The number of halogens is 2. The second-order valence-electron chi connectivity index (χ2n) is 5.40. The first-order valence-corrected chi connectivity index (χ1v) is 7.68. The van der Waals surface area contributed by atoms with Gasteiger partial charge in [0.2, 0.25) is 0 Å². The summed E-state index contributed by atoms with van der Waals surface area (Å²) in [5, 5.41) is 5.54. The Labute approximate surface area is 144 Å². The van der Waals surface area contributed by atoms with Crippen LogP contribution in [0.15, 0.2) is 48.5 Å². The molecular weight excluding hydrogens is 330 g/mol. The number of rotatable bonds is 7. The molecule has 0 saturated heterocycles. The van der Waals surface area contributed by atoms with Crippen molar-refractivity contribution in [3.63, 3.8) is 0 Å². The monoisotopic (exact) mass is 350 g/mol. The zero-order valence-corrected chi connectivity index (χ0v) is 14.0. The molecule has 0 fully saturated rings. The zero-order chi connectivity index (χ0) is 18.2. The Bertz CT molecular complexity index is 693. The van der Waals surface area contributed by atoms with Gasteiger partial charge in [-0.2, -0.15) is 8.78 Å². The smallest absolute Gasteiger partial charge is 0.387 e. The van der Waals surface area contributed by atoms with E-state index < -0.39 is 6.61 Å². The largest absolute Gasteiger partial charge is 0.435 e. The number of anilines is 1. The van der Waals surface area contributed by atoms with Crippen LogP contribution in [-0.4, -0.2) is 19.8 Å². The van der Waals surface area contributed by atoms with Crippen molar-refractivity contribution >= 4 is 11.7 Å². The molecule has 1 atom stereocenters. The predicted octanol–water partition coefficient (Wildman–Crippen LogP) is 4.32. The van der Waals surface area contributed by atoms with Crippen LogP contribution in [0.1, 0.15) is 24.1 Å². The van der Waals surface area contributed by atoms with E-state index in [1.807, 2.05) is 18.2 Å². The van der Waals surface area contributed by atoms with Crippen molar-refractivity contribution < 1.29 is 23.0 Å². The molecule has 0 bridgehead atoms. The topological polar surface area (TPSA) is 59.6 Å². The normalized spacial score (nSPS) is 11.9. The fourth-order valence-electron chi connectivity index (χ4n) is 2.29. The lowest BCUT2D eigenvalue weighted by Crippen LogP contribution is -2.31. The SMILES string of the molecule is COCc1cccc(NC(=O)NC(C)c2ccc(OC(F)F)cc2)c1. The molecule has 2 amide bonds. The molecule has 0 aliphatic rings. The first-order valence-electron chi connectivity index (χ1n) is 7.68. The van der Waals surface area contributed by atoms with Gasteiger partial charge in [-0.3, -0.25) is 0 Å². The minimum Gasteiger partial charge on any atom is -0.435 e. The summed E-state index contributed by atoms with van der Waals surface area (Å²) in [7, 11) is 1.60. The molecule has 0 spiro atoms. The van der Waals surface area contributed by atoms with E-state index in [1.165, 1.54) is 12.1 Å². The summed E-state index contributed by atoms with van der Waals surface area (Å²) in [5.74, 6) is 0.0744. The fraction of sp³-hybridized carbons (Fsp3) is 0.278. The quantitative estimate of drug-likeness (QED) is 0.782. The summed E-state index contributed by atoms with van der Waals surface area (Å²) in [6, 6.07) is 12.8. The zero-order valence-electron chi connectivity index (χ0n) is 14.0. The highest BCUT2D eigenvalue weighted by molar-refractivity contribution is 5.89. The molecule has 0 aliphatic heterocycles. The maximum Gasteiger partial charge on any atom is 0.387 e. The molecule has 5 nitrogen and oxygen atoms in total. The van der Waals surface area contributed by atoms with Crippen molar-refractivity contribution in [2.24, 2.45) is 0 Å². The van der Waals surface area contributed by atoms with Gasteiger partial charge >= 0.3 is 12.6 Å². The average Bonchev–Trinajstić information content (AvgIpc) is 2.55. The Kier molecular flexibility index (Phi) is 6.71. The van der Waals surface area contributed by atoms with E-state index in [2.05, 4.69) is 15.4 Å². The number of carbonyl (C=O) groups is 1. The van der Waals surface area contributed by atoms with Gasteiger partial charge in [-0.15, -0.1) is 0 Å². The third-order valence-electron chi connectivity index (χ3n) is 3.45. The van der Waals surface area contributed by atoms with Crippen LogP contribution in [0.5, 0.6) is 5.75 Å². The third kappa shape index (κ3) is 6.04. The van der Waals surface area contributed by atoms with Crippen molar-refractivity contribution in [1.29, 1.82) is 0 Å². The summed E-state index contributed by atoms with van der Waals surface area (Å²) >= 11 is 0. The molecule has 2 aromatic carbocycles. The van der Waals surface area contributed by atoms with Gasteiger partial charge in [0.1, 0.15) is 5.75 Å². The van der Waals surface area contributed by atoms with Gasteiger partial charge in [-0.05, 0) is 42.3 Å². The minimum absolute atomic E-state index is 0.0744. The average molecular weight is 350 g/mol. The maximum atomic E-state index is 12.1. The van der Waals surface area contributed by atoms with Crippen molar-refractivity contribution in [2.45, 2.75) is 26.2 Å². The number of hydrogen-bond donors (Lipinski definition) is 2. The Morgan fingerprint density at radius 3 is 2.52 bits per heavy atom. The first kappa shape index (κ1) is 18.7. The van der Waals surface area contributed by atoms with Crippen molar-refractivity contribution in [2.75, 3.05) is 12.4 Å². The van der Waals surface area contributed by atoms with Crippen LogP contribution >= 0.6 is 0 Å². The third-order valence-corrected chi connectivity index (χ3v) is 3.45. The number of carbonyl (C=O) groups excluding carboxylic acids is 1. The summed E-state index contributed by atoms with van der Waals surface area (Å²) in [6.07, 6.45) is 0. The predicted molar refractivity (Wildman–Crippen MR) is 90.8 cm³/mol. The Hall–Kier alpha value is -2.67. The molecule has 1 unspecified atom stereocenters. The number of nitrogens with one attached hydrogen (secondary N) is 2. The van der Waals surface area contributed by atoms with E-state index >= 15 is 0 Å². The highest BCUT2D eigenvalue weighted by Gasteiger charge is 2.11. The van der Waals surface area contributed by atoms with E-state index in [0.717, 1.165) is 11.1 Å². The van der Waals surface area contributed by atoms with Crippen molar-refractivity contribution in [3.05, 3.63) is 59.7 Å². The molecule has 0 aromatic heterocycles. The molecule has 0 heterocycles. The number of amides is 2. The van der Waals surface area contributed by atoms with Crippen LogP contribution in [0.2, 0.25) is 0 Å². The Morgan fingerprint density at radius 1 is 1.16 bits per heavy atom. The van der Waals surface area contributed by atoms with Crippen LogP contribution in [0.3, 0.4) is 0 Å². The Balaban J connectivity index is 1.92. The van der Waals surface area contributed by atoms with Gasteiger partial charge in [-0.25, -0.2) is 4.79 Å². The lowest BCUT2D eigenvalue weighted by Gasteiger charge is -2.16. The van der Waals surface area contributed by atoms with E-state index in [9.17, 15) is 13.6 Å². The molecule has 0 radical (unpaired) electrons. The summed E-state index contributed by atoms with van der Waals surface area (Å²) in [6.45, 7) is -0.606. The number of benzene rings is 2. The highest BCUT2D eigenvalue weighted by Crippen LogP contribution is 2.19. The summed E-state index contributed by atoms with van der Waals surface area (Å²) < 4.78 is 33.6. The van der Waals surface area contributed by atoms with Crippen LogP contribution in [-0.2, 0) is 11.3 Å². The molecule has 2 N–H and O–H groups in total. The van der Waals surface area contributed by atoms with E-state index in [-0.39, 0.29) is 17.8 Å². The van der Waals surface area contributed by atoms with Crippen LogP contribution in [0.25, 0.3) is 0 Å². The van der Waals surface area contributed by atoms with Gasteiger partial charge in [0.25, 0.3) is 0 Å². The van der Waals surface area contributed by atoms with Crippen molar-refractivity contribution in [1.82, 2.24) is 5.32 Å². The number of urea groups is 1. The number of hydrogen-bond acceptors (Lipinski definition) is 3. The molecule has 0 aliphatic carbocycles. The van der Waals surface area contributed by atoms with Gasteiger partial charge in [0.15, 0.2) is 0 Å². The van der Waals surface area contributed by atoms with Gasteiger partial charge in [-0.1, -0.05) is 24.3 Å². The van der Waals surface area contributed by atoms with Gasteiger partial charge in [0, 0.05) is 12.8 Å². The lowest BCUT2D eigenvalue weighted by atomic mass is 10.1. The molecule has 0 saturated carbocycles. The molecule has 2 aromatic rings. The second-order valence-corrected chi connectivity index (χ2v) is 5.40. The van der Waals surface area contributed by atoms with Crippen LogP contribution in [0.4, 0.5) is 19.3 Å². The molecule has 134 valence electrons. The number of alkyl halides is 2. The van der Waals surface area contributed by atoms with Crippen LogP contribution < -0.4 is 15.4 Å². The van der Waals surface area contributed by atoms with E-state index in [4.69, 9.17) is 4.74 Å². The van der Waals surface area contributed by atoms with Gasteiger partial charge in [0.05, 0.1) is 12.6 Å². The minimum atomic E-state index is -2.86. The van der Waals surface area contributed by atoms with Crippen LogP contribution in [0, 0.1) is 0 Å². The van der Waals surface area contributed by atoms with Gasteiger partial charge < -0.3 is 20.1 Å². The maximum absolute atomic E-state index is 12.1.